The average Bonchev–Trinajstić information content (AvgIpc) is 3.26. The summed E-state index contributed by atoms with van der Waals surface area (Å²) in [5.74, 6) is 1.93. The zero-order chi connectivity index (χ0) is 19.8. The Kier molecular flexibility index (Phi) is 7.19. The number of nitrogens with zero attached hydrogens (tertiary/aromatic N) is 3. The molecule has 1 saturated heterocycles. The Morgan fingerprint density at radius 2 is 1.89 bits per heavy atom. The fourth-order valence-corrected chi connectivity index (χ4v) is 3.08. The van der Waals surface area contributed by atoms with Gasteiger partial charge in [-0.1, -0.05) is 11.6 Å². The molecule has 0 radical (unpaired) electrons. The largest absolute Gasteiger partial charge is 0.492 e. The van der Waals surface area contributed by atoms with Crippen molar-refractivity contribution in [1.29, 1.82) is 0 Å². The number of guanidine groups is 1. The van der Waals surface area contributed by atoms with Crippen molar-refractivity contribution in [3.8, 4) is 5.75 Å². The van der Waals surface area contributed by atoms with Gasteiger partial charge in [0.15, 0.2) is 11.7 Å². The Hall–Kier alpha value is -2.67. The van der Waals surface area contributed by atoms with Crippen LogP contribution in [0.4, 0.5) is 0 Å². The third-order valence-electron chi connectivity index (χ3n) is 4.37. The number of furan rings is 1. The molecule has 0 spiro atoms. The maximum absolute atomic E-state index is 12.4. The quantitative estimate of drug-likeness (QED) is 0.455. The number of ether oxygens (including phenoxy) is 1. The standard InChI is InChI=1S/C20H25ClN4O3/c1-2-22-20(23-9-15-27-17-7-5-16(21)6-8-17)25-12-10-24(11-13-25)19(26)18-4-3-14-28-18/h3-8,14H,2,9-13,15H2,1H3,(H,22,23). The molecule has 7 nitrogen and oxygen atoms in total. The predicted octanol–water partition coefficient (Wildman–Crippen LogP) is 2.74. The molecular formula is C20H25ClN4O3. The molecule has 1 aliphatic heterocycles. The van der Waals surface area contributed by atoms with Gasteiger partial charge >= 0.3 is 0 Å². The molecule has 0 atom stereocenters. The highest BCUT2D eigenvalue weighted by molar-refractivity contribution is 6.30. The molecule has 0 saturated carbocycles. The van der Waals surface area contributed by atoms with Gasteiger partial charge in [0.05, 0.1) is 12.8 Å². The summed E-state index contributed by atoms with van der Waals surface area (Å²) in [6, 6.07) is 10.7. The van der Waals surface area contributed by atoms with E-state index in [1.807, 2.05) is 24.0 Å². The lowest BCUT2D eigenvalue weighted by molar-refractivity contribution is 0.0657. The second-order valence-corrected chi connectivity index (χ2v) is 6.73. The molecule has 1 fully saturated rings. The van der Waals surface area contributed by atoms with Gasteiger partial charge in [0.2, 0.25) is 0 Å². The first-order chi connectivity index (χ1) is 13.7. The minimum Gasteiger partial charge on any atom is -0.492 e. The van der Waals surface area contributed by atoms with E-state index in [0.717, 1.165) is 31.3 Å². The number of piperazine rings is 1. The number of nitrogens with one attached hydrogen (secondary N) is 1. The van der Waals surface area contributed by atoms with Gasteiger partial charge in [-0.3, -0.25) is 4.79 Å². The highest BCUT2D eigenvalue weighted by Gasteiger charge is 2.25. The van der Waals surface area contributed by atoms with Crippen LogP contribution in [0.25, 0.3) is 0 Å². The van der Waals surface area contributed by atoms with Gasteiger partial charge in [-0.2, -0.15) is 0 Å². The van der Waals surface area contributed by atoms with E-state index >= 15 is 0 Å². The number of benzene rings is 1. The Morgan fingerprint density at radius 3 is 2.54 bits per heavy atom. The molecule has 8 heteroatoms. The van der Waals surface area contributed by atoms with Crippen molar-refractivity contribution in [2.24, 2.45) is 4.99 Å². The van der Waals surface area contributed by atoms with Gasteiger partial charge in [0, 0.05) is 37.7 Å². The molecule has 1 aliphatic rings. The molecule has 1 aromatic heterocycles. The Balaban J connectivity index is 1.49. The van der Waals surface area contributed by atoms with Crippen LogP contribution in [0.3, 0.4) is 0 Å². The molecule has 150 valence electrons. The summed E-state index contributed by atoms with van der Waals surface area (Å²) in [4.78, 5) is 21.0. The highest BCUT2D eigenvalue weighted by atomic mass is 35.5. The number of carbonyl (C=O) groups excluding carboxylic acids is 1. The summed E-state index contributed by atoms with van der Waals surface area (Å²) in [6.45, 7) is 6.53. The predicted molar refractivity (Wildman–Crippen MR) is 109 cm³/mol. The van der Waals surface area contributed by atoms with Crippen molar-refractivity contribution in [1.82, 2.24) is 15.1 Å². The van der Waals surface area contributed by atoms with Crippen LogP contribution in [-0.4, -0.2) is 67.5 Å². The van der Waals surface area contributed by atoms with Crippen LogP contribution in [-0.2, 0) is 0 Å². The lowest BCUT2D eigenvalue weighted by Crippen LogP contribution is -2.53. The normalized spacial score (nSPS) is 14.9. The zero-order valence-corrected chi connectivity index (χ0v) is 16.7. The second kappa shape index (κ2) is 10.0. The van der Waals surface area contributed by atoms with E-state index < -0.39 is 0 Å². The van der Waals surface area contributed by atoms with Crippen LogP contribution < -0.4 is 10.1 Å². The van der Waals surface area contributed by atoms with Crippen molar-refractivity contribution in [2.45, 2.75) is 6.92 Å². The van der Waals surface area contributed by atoms with Gasteiger partial charge in [0.25, 0.3) is 5.91 Å². The van der Waals surface area contributed by atoms with E-state index in [9.17, 15) is 4.79 Å². The highest BCUT2D eigenvalue weighted by Crippen LogP contribution is 2.15. The topological polar surface area (TPSA) is 70.3 Å². The molecule has 0 aliphatic carbocycles. The van der Waals surface area contributed by atoms with Crippen molar-refractivity contribution in [3.63, 3.8) is 0 Å². The van der Waals surface area contributed by atoms with Gasteiger partial charge in [-0.15, -0.1) is 0 Å². The molecule has 1 N–H and O–H groups in total. The van der Waals surface area contributed by atoms with Crippen LogP contribution in [0, 0.1) is 0 Å². The number of aliphatic imine (C=N–C) groups is 1. The second-order valence-electron chi connectivity index (χ2n) is 6.29. The minimum absolute atomic E-state index is 0.0667. The third kappa shape index (κ3) is 5.42. The van der Waals surface area contributed by atoms with Crippen LogP contribution >= 0.6 is 11.6 Å². The first-order valence-electron chi connectivity index (χ1n) is 9.42. The lowest BCUT2D eigenvalue weighted by Gasteiger charge is -2.36. The van der Waals surface area contributed by atoms with E-state index in [2.05, 4.69) is 15.2 Å². The molecule has 0 unspecified atom stereocenters. The molecular weight excluding hydrogens is 380 g/mol. The van der Waals surface area contributed by atoms with E-state index in [1.165, 1.54) is 6.26 Å². The van der Waals surface area contributed by atoms with E-state index in [1.54, 1.807) is 24.3 Å². The lowest BCUT2D eigenvalue weighted by atomic mass is 10.3. The fourth-order valence-electron chi connectivity index (χ4n) is 2.95. The van der Waals surface area contributed by atoms with Crippen molar-refractivity contribution >= 4 is 23.5 Å². The summed E-state index contributed by atoms with van der Waals surface area (Å²) in [7, 11) is 0. The van der Waals surface area contributed by atoms with Crippen molar-refractivity contribution < 1.29 is 13.9 Å². The molecule has 2 aromatic rings. The number of rotatable bonds is 6. The Morgan fingerprint density at radius 1 is 1.18 bits per heavy atom. The first-order valence-corrected chi connectivity index (χ1v) is 9.79. The monoisotopic (exact) mass is 404 g/mol. The summed E-state index contributed by atoms with van der Waals surface area (Å²) in [5.41, 5.74) is 0. The number of hydrogen-bond donors (Lipinski definition) is 1. The average molecular weight is 405 g/mol. The van der Waals surface area contributed by atoms with Crippen LogP contribution in [0.1, 0.15) is 17.5 Å². The Bertz CT molecular complexity index is 769. The number of halogens is 1. The molecule has 0 bridgehead atoms. The number of hydrogen-bond acceptors (Lipinski definition) is 4. The fraction of sp³-hybridized carbons (Fsp3) is 0.400. The summed E-state index contributed by atoms with van der Waals surface area (Å²) in [6.07, 6.45) is 1.52. The van der Waals surface area contributed by atoms with Crippen molar-refractivity contribution in [2.75, 3.05) is 45.9 Å². The summed E-state index contributed by atoms with van der Waals surface area (Å²) in [5, 5.41) is 4.00. The van der Waals surface area contributed by atoms with Crippen molar-refractivity contribution in [3.05, 3.63) is 53.4 Å². The van der Waals surface area contributed by atoms with E-state index in [4.69, 9.17) is 20.8 Å². The molecule has 3 rings (SSSR count). The minimum atomic E-state index is -0.0667. The van der Waals surface area contributed by atoms with Gasteiger partial charge in [0.1, 0.15) is 12.4 Å². The summed E-state index contributed by atoms with van der Waals surface area (Å²) < 4.78 is 10.9. The van der Waals surface area contributed by atoms with E-state index in [0.29, 0.717) is 37.0 Å². The first kappa shape index (κ1) is 20.1. The number of carbonyl (C=O) groups is 1. The molecule has 28 heavy (non-hydrogen) atoms. The van der Waals surface area contributed by atoms with Crippen LogP contribution in [0.5, 0.6) is 5.75 Å². The SMILES string of the molecule is CCNC(=NCCOc1ccc(Cl)cc1)N1CCN(C(=O)c2ccco2)CC1. The van der Waals surface area contributed by atoms with E-state index in [-0.39, 0.29) is 5.91 Å². The van der Waals surface area contributed by atoms with Crippen LogP contribution in [0.2, 0.25) is 5.02 Å². The summed E-state index contributed by atoms with van der Waals surface area (Å²) >= 11 is 5.87. The van der Waals surface area contributed by atoms with Gasteiger partial charge in [-0.05, 0) is 43.3 Å². The maximum atomic E-state index is 12.4. The van der Waals surface area contributed by atoms with Crippen LogP contribution in [0.15, 0.2) is 52.1 Å². The van der Waals surface area contributed by atoms with Gasteiger partial charge in [-0.25, -0.2) is 4.99 Å². The molecule has 1 aromatic carbocycles. The third-order valence-corrected chi connectivity index (χ3v) is 4.62. The maximum Gasteiger partial charge on any atom is 0.289 e. The van der Waals surface area contributed by atoms with Gasteiger partial charge < -0.3 is 24.3 Å². The molecule has 1 amide bonds. The zero-order valence-electron chi connectivity index (χ0n) is 15.9. The Labute approximate surface area is 169 Å². The molecule has 2 heterocycles. The number of amides is 1. The smallest absolute Gasteiger partial charge is 0.289 e.